The first kappa shape index (κ1) is 27.8. The highest BCUT2D eigenvalue weighted by atomic mass is 16.5. The molecule has 0 unspecified atom stereocenters. The van der Waals surface area contributed by atoms with Gasteiger partial charge in [-0.25, -0.2) is 0 Å². The number of fused-ring (bicyclic) bond motifs is 1. The van der Waals surface area contributed by atoms with Crippen LogP contribution in [-0.2, 0) is 30.7 Å². The number of carbonyl (C=O) groups excluding carboxylic acids is 1. The van der Waals surface area contributed by atoms with Crippen molar-refractivity contribution in [1.82, 2.24) is 10.2 Å². The van der Waals surface area contributed by atoms with E-state index in [1.165, 1.54) is 17.9 Å². The number of hydrogen-bond acceptors (Lipinski definition) is 9. The molecule has 2 heterocycles. The second-order valence-corrected chi connectivity index (χ2v) is 9.09. The molecule has 2 aromatic carbocycles. The first-order valence-corrected chi connectivity index (χ1v) is 12.6. The first-order valence-electron chi connectivity index (χ1n) is 12.6. The van der Waals surface area contributed by atoms with Crippen molar-refractivity contribution in [2.75, 3.05) is 48.1 Å². The Labute approximate surface area is 227 Å². The minimum Gasteiger partial charge on any atom is -0.493 e. The van der Waals surface area contributed by atoms with Crippen molar-refractivity contribution in [3.8, 4) is 28.7 Å². The van der Waals surface area contributed by atoms with Crippen LogP contribution in [0.3, 0.4) is 0 Å². The van der Waals surface area contributed by atoms with E-state index in [0.29, 0.717) is 49.1 Å². The summed E-state index contributed by atoms with van der Waals surface area (Å²) < 4.78 is 32.4. The highest BCUT2D eigenvalue weighted by Gasteiger charge is 2.20. The third-order valence-electron chi connectivity index (χ3n) is 6.57. The van der Waals surface area contributed by atoms with E-state index in [1.54, 1.807) is 28.4 Å². The van der Waals surface area contributed by atoms with Crippen LogP contribution in [0.25, 0.3) is 0 Å². The Morgan fingerprint density at radius 2 is 1.59 bits per heavy atom. The summed E-state index contributed by atoms with van der Waals surface area (Å²) in [7, 11) is 6.40. The van der Waals surface area contributed by atoms with Crippen molar-refractivity contribution >= 4 is 5.91 Å². The average Bonchev–Trinajstić information content (AvgIpc) is 2.95. The molecule has 3 aromatic rings. The van der Waals surface area contributed by atoms with Crippen molar-refractivity contribution < 1.29 is 32.9 Å². The molecular weight excluding hydrogens is 504 g/mol. The number of rotatable bonds is 12. The molecule has 0 aliphatic carbocycles. The largest absolute Gasteiger partial charge is 0.493 e. The van der Waals surface area contributed by atoms with Crippen LogP contribution in [0.1, 0.15) is 22.5 Å². The van der Waals surface area contributed by atoms with Gasteiger partial charge in [-0.05, 0) is 53.8 Å². The van der Waals surface area contributed by atoms with Gasteiger partial charge in [0, 0.05) is 25.7 Å². The lowest BCUT2D eigenvalue weighted by atomic mass is 9.98. The van der Waals surface area contributed by atoms with Crippen molar-refractivity contribution in [2.24, 2.45) is 0 Å². The predicted molar refractivity (Wildman–Crippen MR) is 144 cm³/mol. The average molecular weight is 539 g/mol. The molecule has 1 amide bonds. The van der Waals surface area contributed by atoms with Gasteiger partial charge in [0.15, 0.2) is 29.6 Å². The van der Waals surface area contributed by atoms with Crippen LogP contribution in [0.5, 0.6) is 28.7 Å². The van der Waals surface area contributed by atoms with Crippen LogP contribution in [-0.4, -0.2) is 58.9 Å². The highest BCUT2D eigenvalue weighted by molar-refractivity contribution is 5.77. The summed E-state index contributed by atoms with van der Waals surface area (Å²) in [6.07, 6.45) is 2.72. The van der Waals surface area contributed by atoms with Crippen LogP contribution in [0.15, 0.2) is 51.9 Å². The SMILES string of the molecule is COc1ccc(CCNC(=O)COc2coc(CN3CCc4cc(OC)c(OC)cc4C3)cc2=O)cc1OC. The Balaban J connectivity index is 1.25. The molecule has 0 saturated heterocycles. The van der Waals surface area contributed by atoms with E-state index in [4.69, 9.17) is 28.1 Å². The molecule has 0 atom stereocenters. The number of methoxy groups -OCH3 is 4. The van der Waals surface area contributed by atoms with Crippen molar-refractivity contribution in [3.05, 3.63) is 75.3 Å². The van der Waals surface area contributed by atoms with E-state index in [0.717, 1.165) is 29.8 Å². The molecule has 0 saturated carbocycles. The summed E-state index contributed by atoms with van der Waals surface area (Å²) >= 11 is 0. The van der Waals surface area contributed by atoms with Gasteiger partial charge < -0.3 is 33.4 Å². The summed E-state index contributed by atoms with van der Waals surface area (Å²) in [4.78, 5) is 27.0. The molecule has 0 radical (unpaired) electrons. The monoisotopic (exact) mass is 538 g/mol. The summed E-state index contributed by atoms with van der Waals surface area (Å²) in [5.41, 5.74) is 3.02. The maximum atomic E-state index is 12.6. The van der Waals surface area contributed by atoms with Crippen LogP contribution >= 0.6 is 0 Å². The van der Waals surface area contributed by atoms with Gasteiger partial charge in [0.2, 0.25) is 11.2 Å². The Hall–Kier alpha value is -4.18. The van der Waals surface area contributed by atoms with Crippen LogP contribution in [0.4, 0.5) is 0 Å². The predicted octanol–water partition coefficient (Wildman–Crippen LogP) is 2.97. The van der Waals surface area contributed by atoms with Crippen molar-refractivity contribution in [3.63, 3.8) is 0 Å². The number of hydrogen-bond donors (Lipinski definition) is 1. The summed E-state index contributed by atoms with van der Waals surface area (Å²) in [5, 5.41) is 2.78. The molecule has 1 aliphatic heterocycles. The van der Waals surface area contributed by atoms with Crippen molar-refractivity contribution in [1.29, 1.82) is 0 Å². The molecule has 0 fully saturated rings. The fraction of sp³-hybridized carbons (Fsp3) is 0.379. The first-order chi connectivity index (χ1) is 18.9. The smallest absolute Gasteiger partial charge is 0.257 e. The number of nitrogens with zero attached hydrogens (tertiary/aromatic N) is 1. The second kappa shape index (κ2) is 13.1. The number of amides is 1. The van der Waals surface area contributed by atoms with E-state index in [9.17, 15) is 9.59 Å². The molecule has 0 spiro atoms. The van der Waals surface area contributed by atoms with Gasteiger partial charge in [-0.3, -0.25) is 14.5 Å². The Morgan fingerprint density at radius 3 is 2.28 bits per heavy atom. The van der Waals surface area contributed by atoms with Crippen LogP contribution in [0.2, 0.25) is 0 Å². The number of benzene rings is 2. The third-order valence-corrected chi connectivity index (χ3v) is 6.57. The van der Waals surface area contributed by atoms with Crippen LogP contribution in [0, 0.1) is 0 Å². The zero-order chi connectivity index (χ0) is 27.8. The second-order valence-electron chi connectivity index (χ2n) is 9.09. The lowest BCUT2D eigenvalue weighted by Crippen LogP contribution is -2.31. The Kier molecular flexibility index (Phi) is 9.32. The van der Waals surface area contributed by atoms with E-state index < -0.39 is 0 Å². The number of ether oxygens (including phenoxy) is 5. The minimum atomic E-state index is -0.335. The lowest BCUT2D eigenvalue weighted by molar-refractivity contribution is -0.123. The summed E-state index contributed by atoms with van der Waals surface area (Å²) in [6.45, 7) is 2.10. The van der Waals surface area contributed by atoms with Gasteiger partial charge in [0.05, 0.1) is 35.0 Å². The van der Waals surface area contributed by atoms with Gasteiger partial charge in [-0.1, -0.05) is 6.07 Å². The van der Waals surface area contributed by atoms with Crippen molar-refractivity contribution in [2.45, 2.75) is 25.9 Å². The summed E-state index contributed by atoms with van der Waals surface area (Å²) in [5.74, 6) is 2.87. The van der Waals surface area contributed by atoms with Gasteiger partial charge in [0.25, 0.3) is 5.91 Å². The molecular formula is C29H34N2O8. The van der Waals surface area contributed by atoms with E-state index in [1.807, 2.05) is 30.3 Å². The maximum absolute atomic E-state index is 12.6. The van der Waals surface area contributed by atoms with E-state index >= 15 is 0 Å². The molecule has 10 nitrogen and oxygen atoms in total. The molecule has 1 aromatic heterocycles. The Morgan fingerprint density at radius 1 is 0.897 bits per heavy atom. The van der Waals surface area contributed by atoms with Crippen LogP contribution < -0.4 is 34.4 Å². The number of nitrogens with one attached hydrogen (secondary N) is 1. The molecule has 10 heteroatoms. The summed E-state index contributed by atoms with van der Waals surface area (Å²) in [6, 6.07) is 11.0. The quantitative estimate of drug-likeness (QED) is 0.372. The molecule has 208 valence electrons. The Bertz CT molecular complexity index is 1350. The third kappa shape index (κ3) is 7.02. The topological polar surface area (TPSA) is 109 Å². The van der Waals surface area contributed by atoms with Gasteiger partial charge >= 0.3 is 0 Å². The minimum absolute atomic E-state index is 0.00499. The van der Waals surface area contributed by atoms with Gasteiger partial charge in [0.1, 0.15) is 12.0 Å². The lowest BCUT2D eigenvalue weighted by Gasteiger charge is -2.29. The van der Waals surface area contributed by atoms with Gasteiger partial charge in [-0.15, -0.1) is 0 Å². The van der Waals surface area contributed by atoms with Gasteiger partial charge in [-0.2, -0.15) is 0 Å². The zero-order valence-corrected chi connectivity index (χ0v) is 22.7. The highest BCUT2D eigenvalue weighted by Crippen LogP contribution is 2.33. The molecule has 4 rings (SSSR count). The number of carbonyl (C=O) groups is 1. The fourth-order valence-electron chi connectivity index (χ4n) is 4.50. The molecule has 39 heavy (non-hydrogen) atoms. The normalized spacial score (nSPS) is 12.8. The maximum Gasteiger partial charge on any atom is 0.257 e. The van der Waals surface area contributed by atoms with E-state index in [2.05, 4.69) is 10.2 Å². The molecule has 1 aliphatic rings. The van der Waals surface area contributed by atoms with E-state index in [-0.39, 0.29) is 23.7 Å². The zero-order valence-electron chi connectivity index (χ0n) is 22.7. The molecule has 1 N–H and O–H groups in total. The fourth-order valence-corrected chi connectivity index (χ4v) is 4.50. The standard InChI is InChI=1S/C29H34N2O8/c1-34-24-6-5-19(11-25(24)35-2)7-9-30-29(33)18-39-28-17-38-22(14-23(28)32)16-31-10-8-20-12-26(36-3)27(37-4)13-21(20)15-31/h5-6,11-14,17H,7-10,15-16,18H2,1-4H3,(H,30,33). The molecule has 0 bridgehead atoms.